The van der Waals surface area contributed by atoms with Crippen molar-refractivity contribution in [3.63, 3.8) is 0 Å². The largest absolute Gasteiger partial charge is 0.324 e. The molecule has 0 aromatic heterocycles. The van der Waals surface area contributed by atoms with E-state index in [0.717, 1.165) is 12.8 Å². The molecule has 106 valence electrons. The third-order valence-electron chi connectivity index (χ3n) is 3.06. The first kappa shape index (κ1) is 15.7. The Morgan fingerprint density at radius 1 is 1.15 bits per heavy atom. The fraction of sp³-hybridized carbons (Fsp3) is 0.400. The minimum absolute atomic E-state index is 0.0436. The molecule has 5 heteroatoms. The zero-order valence-electron chi connectivity index (χ0n) is 11.8. The fourth-order valence-electron chi connectivity index (χ4n) is 1.86. The Morgan fingerprint density at radius 3 is 2.20 bits per heavy atom. The summed E-state index contributed by atoms with van der Waals surface area (Å²) in [5.41, 5.74) is 1.06. The van der Waals surface area contributed by atoms with E-state index in [1.807, 2.05) is 13.8 Å². The summed E-state index contributed by atoms with van der Waals surface area (Å²) in [7, 11) is 0. The van der Waals surface area contributed by atoms with Gasteiger partial charge in [0.2, 0.25) is 11.8 Å². The van der Waals surface area contributed by atoms with Crippen LogP contribution in [0.25, 0.3) is 0 Å². The quantitative estimate of drug-likeness (QED) is 0.836. The van der Waals surface area contributed by atoms with Gasteiger partial charge in [-0.25, -0.2) is 0 Å². The number of carbonyl (C=O) groups excluding carboxylic acids is 2. The molecule has 0 bridgehead atoms. The molecule has 0 aliphatic heterocycles. The first-order valence-corrected chi connectivity index (χ1v) is 6.69. The molecule has 2 amide bonds. The van der Waals surface area contributed by atoms with Crippen molar-refractivity contribution in [1.82, 2.24) is 0 Å². The Bertz CT molecular complexity index is 516. The lowest BCUT2D eigenvalue weighted by molar-refractivity contribution is -0.120. The van der Waals surface area contributed by atoms with Gasteiger partial charge in [0.25, 0.3) is 0 Å². The summed E-state index contributed by atoms with van der Waals surface area (Å²) in [5, 5.41) is 13.9. The number of anilines is 2. The summed E-state index contributed by atoms with van der Waals surface area (Å²) in [6, 6.07) is 8.74. The summed E-state index contributed by atoms with van der Waals surface area (Å²) in [5.74, 6) is -0.494. The first-order valence-electron chi connectivity index (χ1n) is 6.69. The number of benzene rings is 1. The molecule has 0 heterocycles. The highest BCUT2D eigenvalue weighted by atomic mass is 16.2. The molecule has 0 aliphatic carbocycles. The van der Waals surface area contributed by atoms with Crippen LogP contribution in [-0.2, 0) is 9.59 Å². The Kier molecular flexibility index (Phi) is 6.24. The molecule has 0 spiro atoms. The van der Waals surface area contributed by atoms with Crippen LogP contribution >= 0.6 is 0 Å². The molecule has 0 saturated carbocycles. The number of hydrogen-bond donors (Lipinski definition) is 2. The number of hydrogen-bond acceptors (Lipinski definition) is 3. The number of para-hydroxylation sites is 2. The fourth-order valence-corrected chi connectivity index (χ4v) is 1.86. The van der Waals surface area contributed by atoms with Crippen molar-refractivity contribution in [2.75, 3.05) is 10.6 Å². The monoisotopic (exact) mass is 273 g/mol. The van der Waals surface area contributed by atoms with E-state index in [1.165, 1.54) is 0 Å². The predicted molar refractivity (Wildman–Crippen MR) is 78.0 cm³/mol. The van der Waals surface area contributed by atoms with Gasteiger partial charge < -0.3 is 10.6 Å². The van der Waals surface area contributed by atoms with Gasteiger partial charge in [-0.2, -0.15) is 5.26 Å². The number of nitrogens with one attached hydrogen (secondary N) is 2. The van der Waals surface area contributed by atoms with Crippen LogP contribution in [0.2, 0.25) is 0 Å². The summed E-state index contributed by atoms with van der Waals surface area (Å²) >= 11 is 0. The average molecular weight is 273 g/mol. The van der Waals surface area contributed by atoms with Gasteiger partial charge in [-0.05, 0) is 25.0 Å². The van der Waals surface area contributed by atoms with Gasteiger partial charge in [0, 0.05) is 5.92 Å². The normalized spacial score (nSPS) is 9.90. The molecule has 5 nitrogen and oxygen atoms in total. The maximum atomic E-state index is 12.1. The van der Waals surface area contributed by atoms with Crippen LogP contribution in [0.4, 0.5) is 11.4 Å². The zero-order chi connectivity index (χ0) is 15.0. The number of carbonyl (C=O) groups is 2. The first-order chi connectivity index (χ1) is 9.62. The predicted octanol–water partition coefficient (Wildman–Crippen LogP) is 2.91. The standard InChI is InChI=1S/C15H19N3O2/c1-3-11(4-2)15(20)18-13-8-6-5-7-12(13)17-14(19)9-10-16/h5-8,11H,3-4,9H2,1-2H3,(H,17,19)(H,18,20). The second-order valence-electron chi connectivity index (χ2n) is 4.43. The molecule has 0 unspecified atom stereocenters. The highest BCUT2D eigenvalue weighted by Gasteiger charge is 2.16. The average Bonchev–Trinajstić information content (AvgIpc) is 2.42. The lowest BCUT2D eigenvalue weighted by Crippen LogP contribution is -2.22. The zero-order valence-corrected chi connectivity index (χ0v) is 11.8. The summed E-state index contributed by atoms with van der Waals surface area (Å²) < 4.78 is 0. The highest BCUT2D eigenvalue weighted by molar-refractivity contribution is 6.00. The van der Waals surface area contributed by atoms with E-state index >= 15 is 0 Å². The van der Waals surface area contributed by atoms with Crippen molar-refractivity contribution in [1.29, 1.82) is 5.26 Å². The summed E-state index contributed by atoms with van der Waals surface area (Å²) in [6.07, 6.45) is 1.32. The van der Waals surface area contributed by atoms with Crippen molar-refractivity contribution in [3.05, 3.63) is 24.3 Å². The number of nitrogens with zero attached hydrogens (tertiary/aromatic N) is 1. The van der Waals surface area contributed by atoms with E-state index < -0.39 is 5.91 Å². The smallest absolute Gasteiger partial charge is 0.238 e. The summed E-state index contributed by atoms with van der Waals surface area (Å²) in [4.78, 5) is 23.5. The van der Waals surface area contributed by atoms with Crippen LogP contribution in [0.3, 0.4) is 0 Å². The number of amides is 2. The van der Waals surface area contributed by atoms with Crippen molar-refractivity contribution >= 4 is 23.2 Å². The van der Waals surface area contributed by atoms with Crippen molar-refractivity contribution in [3.8, 4) is 6.07 Å². The van der Waals surface area contributed by atoms with E-state index in [4.69, 9.17) is 5.26 Å². The summed E-state index contributed by atoms with van der Waals surface area (Å²) in [6.45, 7) is 3.93. The van der Waals surface area contributed by atoms with Crippen LogP contribution in [0.5, 0.6) is 0 Å². The third-order valence-corrected chi connectivity index (χ3v) is 3.06. The van der Waals surface area contributed by atoms with E-state index in [1.54, 1.807) is 30.3 Å². The van der Waals surface area contributed by atoms with E-state index in [9.17, 15) is 9.59 Å². The lowest BCUT2D eigenvalue weighted by atomic mass is 10.0. The number of rotatable bonds is 6. The molecule has 0 atom stereocenters. The van der Waals surface area contributed by atoms with Crippen LogP contribution in [-0.4, -0.2) is 11.8 Å². The Morgan fingerprint density at radius 2 is 1.70 bits per heavy atom. The number of nitriles is 1. The molecule has 20 heavy (non-hydrogen) atoms. The van der Waals surface area contributed by atoms with Gasteiger partial charge in [-0.15, -0.1) is 0 Å². The van der Waals surface area contributed by atoms with Gasteiger partial charge in [0.05, 0.1) is 17.4 Å². The molecular formula is C15H19N3O2. The van der Waals surface area contributed by atoms with Gasteiger partial charge in [-0.3, -0.25) is 9.59 Å². The van der Waals surface area contributed by atoms with Crippen LogP contribution in [0.15, 0.2) is 24.3 Å². The maximum absolute atomic E-state index is 12.1. The van der Waals surface area contributed by atoms with Crippen molar-refractivity contribution < 1.29 is 9.59 Å². The van der Waals surface area contributed by atoms with Gasteiger partial charge in [0.1, 0.15) is 6.42 Å². The van der Waals surface area contributed by atoms with E-state index in [0.29, 0.717) is 11.4 Å². The molecule has 2 N–H and O–H groups in total. The topological polar surface area (TPSA) is 82.0 Å². The van der Waals surface area contributed by atoms with Crippen molar-refractivity contribution in [2.45, 2.75) is 33.1 Å². The Balaban J connectivity index is 2.83. The molecule has 1 aromatic carbocycles. The van der Waals surface area contributed by atoms with E-state index in [2.05, 4.69) is 10.6 Å². The SMILES string of the molecule is CCC(CC)C(=O)Nc1ccccc1NC(=O)CC#N. The molecule has 1 aromatic rings. The van der Waals surface area contributed by atoms with Crippen molar-refractivity contribution in [2.24, 2.45) is 5.92 Å². The van der Waals surface area contributed by atoms with Crippen LogP contribution < -0.4 is 10.6 Å². The van der Waals surface area contributed by atoms with Crippen LogP contribution in [0, 0.1) is 17.2 Å². The van der Waals surface area contributed by atoms with Gasteiger partial charge >= 0.3 is 0 Å². The highest BCUT2D eigenvalue weighted by Crippen LogP contribution is 2.22. The van der Waals surface area contributed by atoms with Crippen LogP contribution in [0.1, 0.15) is 33.1 Å². The molecule has 0 fully saturated rings. The molecule has 0 aliphatic rings. The second kappa shape index (κ2) is 7.95. The van der Waals surface area contributed by atoms with Gasteiger partial charge in [0.15, 0.2) is 0 Å². The van der Waals surface area contributed by atoms with Gasteiger partial charge in [-0.1, -0.05) is 26.0 Å². The molecule has 1 rings (SSSR count). The Hall–Kier alpha value is -2.35. The minimum Gasteiger partial charge on any atom is -0.324 e. The molecular weight excluding hydrogens is 254 g/mol. The Labute approximate surface area is 119 Å². The minimum atomic E-state index is -0.392. The lowest BCUT2D eigenvalue weighted by Gasteiger charge is -2.15. The van der Waals surface area contributed by atoms with E-state index in [-0.39, 0.29) is 18.2 Å². The maximum Gasteiger partial charge on any atom is 0.238 e. The molecule has 0 saturated heterocycles. The molecule has 0 radical (unpaired) electrons. The third kappa shape index (κ3) is 4.39. The second-order valence-corrected chi connectivity index (χ2v) is 4.43.